The Kier molecular flexibility index (Phi) is 13.8. The molecule has 0 spiro atoms. The molecule has 0 aliphatic heterocycles. The Labute approximate surface area is 190 Å². The highest BCUT2D eigenvalue weighted by Gasteiger charge is 2.12. The van der Waals surface area contributed by atoms with E-state index in [0.717, 1.165) is 0 Å². The quantitative estimate of drug-likeness (QED) is 0.450. The van der Waals surface area contributed by atoms with Crippen molar-refractivity contribution in [2.45, 2.75) is 34.6 Å². The standard InChI is InChI=1S/C24H31FN2O3.C2H4/c1-7-10-20-19(9-3)21(24(29)27-18(8-2)13-17(6)25)11-12-22(20)30-15-23(28)26-14-16(4)5;1-2/h7-13,16H,1,14-15H2,2-6H3,(H,26,28)(H,27,29);1-2H2/b17-13+,18-8+,19-9+,20-10+;. The zero-order valence-electron chi connectivity index (χ0n) is 19.8. The predicted octanol–water partition coefficient (Wildman–Crippen LogP) is 3.91. The molecule has 0 heterocycles. The zero-order valence-corrected chi connectivity index (χ0v) is 19.8. The van der Waals surface area contributed by atoms with E-state index in [1.54, 1.807) is 50.3 Å². The van der Waals surface area contributed by atoms with Gasteiger partial charge in [-0.3, -0.25) is 9.59 Å². The smallest absolute Gasteiger partial charge is 0.257 e. The number of amides is 2. The van der Waals surface area contributed by atoms with E-state index in [2.05, 4.69) is 30.4 Å². The molecule has 1 rings (SSSR count). The van der Waals surface area contributed by atoms with Crippen LogP contribution in [-0.4, -0.2) is 25.0 Å². The third kappa shape index (κ3) is 9.60. The summed E-state index contributed by atoms with van der Waals surface area (Å²) >= 11 is 0. The van der Waals surface area contributed by atoms with Crippen LogP contribution in [0.4, 0.5) is 4.39 Å². The number of hydrogen-bond acceptors (Lipinski definition) is 3. The Bertz CT molecular complexity index is 972. The molecular formula is C26H35FN2O3. The SMILES string of the molecule is C=C.C=C/C=c1/c(OCC(=O)NCC(C)C)ccc(C(=O)NC(/C=C(\C)F)=C/C)/c1=C/C. The zero-order chi connectivity index (χ0) is 24.7. The Morgan fingerprint density at radius 2 is 1.84 bits per heavy atom. The largest absolute Gasteiger partial charge is 0.483 e. The van der Waals surface area contributed by atoms with Gasteiger partial charge in [0.05, 0.1) is 5.83 Å². The van der Waals surface area contributed by atoms with Crippen LogP contribution in [0.15, 0.2) is 61.6 Å². The van der Waals surface area contributed by atoms with Gasteiger partial charge in [-0.25, -0.2) is 4.39 Å². The van der Waals surface area contributed by atoms with Crippen molar-refractivity contribution in [2.24, 2.45) is 5.92 Å². The summed E-state index contributed by atoms with van der Waals surface area (Å²) in [4.78, 5) is 24.8. The fourth-order valence-corrected chi connectivity index (χ4v) is 2.66. The van der Waals surface area contributed by atoms with E-state index in [1.165, 1.54) is 13.0 Å². The van der Waals surface area contributed by atoms with Crippen LogP contribution in [0.1, 0.15) is 45.0 Å². The highest BCUT2D eigenvalue weighted by atomic mass is 19.1. The highest BCUT2D eigenvalue weighted by Crippen LogP contribution is 2.06. The number of carbonyl (C=O) groups excluding carboxylic acids is 2. The summed E-state index contributed by atoms with van der Waals surface area (Å²) in [5.41, 5.74) is 0.755. The molecule has 0 fully saturated rings. The second-order valence-corrected chi connectivity index (χ2v) is 7.05. The maximum absolute atomic E-state index is 13.2. The second-order valence-electron chi connectivity index (χ2n) is 7.05. The van der Waals surface area contributed by atoms with Crippen molar-refractivity contribution < 1.29 is 18.7 Å². The van der Waals surface area contributed by atoms with Crippen LogP contribution >= 0.6 is 0 Å². The predicted molar refractivity (Wildman–Crippen MR) is 131 cm³/mol. The minimum Gasteiger partial charge on any atom is -0.483 e. The van der Waals surface area contributed by atoms with Gasteiger partial charge in [-0.15, -0.1) is 13.2 Å². The molecule has 1 aromatic rings. The Balaban J connectivity index is 0.00000466. The first-order valence-electron chi connectivity index (χ1n) is 10.4. The van der Waals surface area contributed by atoms with Crippen molar-refractivity contribution in [3.05, 3.63) is 77.6 Å². The summed E-state index contributed by atoms with van der Waals surface area (Å²) in [5, 5.41) is 6.76. The number of ether oxygens (including phenoxy) is 1. The molecule has 0 saturated heterocycles. The van der Waals surface area contributed by atoms with E-state index in [9.17, 15) is 14.0 Å². The van der Waals surface area contributed by atoms with Gasteiger partial charge < -0.3 is 15.4 Å². The van der Waals surface area contributed by atoms with Crippen LogP contribution in [0.25, 0.3) is 12.2 Å². The van der Waals surface area contributed by atoms with Gasteiger partial charge >= 0.3 is 0 Å². The number of nitrogens with one attached hydrogen (secondary N) is 2. The van der Waals surface area contributed by atoms with Crippen LogP contribution in [0.5, 0.6) is 5.75 Å². The molecule has 5 nitrogen and oxygen atoms in total. The third-order valence-corrected chi connectivity index (χ3v) is 4.05. The van der Waals surface area contributed by atoms with E-state index in [-0.39, 0.29) is 18.4 Å². The van der Waals surface area contributed by atoms with Crippen LogP contribution in [-0.2, 0) is 4.79 Å². The first-order chi connectivity index (χ1) is 15.2. The fraction of sp³-hybridized carbons (Fsp3) is 0.308. The maximum Gasteiger partial charge on any atom is 0.257 e. The monoisotopic (exact) mass is 442 g/mol. The molecule has 0 aromatic heterocycles. The molecular weight excluding hydrogens is 407 g/mol. The Hall–Kier alpha value is -3.41. The van der Waals surface area contributed by atoms with Crippen LogP contribution < -0.4 is 25.8 Å². The van der Waals surface area contributed by atoms with Crippen molar-refractivity contribution in [1.82, 2.24) is 10.6 Å². The van der Waals surface area contributed by atoms with Gasteiger partial charge in [-0.1, -0.05) is 44.7 Å². The van der Waals surface area contributed by atoms with Gasteiger partial charge in [-0.2, -0.15) is 0 Å². The van der Waals surface area contributed by atoms with Gasteiger partial charge in [0.15, 0.2) is 6.61 Å². The molecule has 2 N–H and O–H groups in total. The molecule has 0 aliphatic rings. The molecule has 2 amide bonds. The van der Waals surface area contributed by atoms with E-state index in [1.807, 2.05) is 13.8 Å². The summed E-state index contributed by atoms with van der Waals surface area (Å²) < 4.78 is 18.9. The van der Waals surface area contributed by atoms with Crippen molar-refractivity contribution in [3.8, 4) is 5.75 Å². The molecule has 0 bridgehead atoms. The van der Waals surface area contributed by atoms with Gasteiger partial charge in [0.1, 0.15) is 5.75 Å². The molecule has 32 heavy (non-hydrogen) atoms. The molecule has 0 aliphatic carbocycles. The van der Waals surface area contributed by atoms with Crippen molar-refractivity contribution >= 4 is 24.0 Å². The summed E-state index contributed by atoms with van der Waals surface area (Å²) in [5.74, 6) is -0.205. The van der Waals surface area contributed by atoms with Gasteiger partial charge in [-0.05, 0) is 50.1 Å². The van der Waals surface area contributed by atoms with Gasteiger partial charge in [0.2, 0.25) is 0 Å². The van der Waals surface area contributed by atoms with E-state index in [0.29, 0.717) is 39.9 Å². The molecule has 0 saturated carbocycles. The lowest BCUT2D eigenvalue weighted by Gasteiger charge is -2.12. The fourth-order valence-electron chi connectivity index (χ4n) is 2.66. The number of carbonyl (C=O) groups is 2. The third-order valence-electron chi connectivity index (χ3n) is 4.05. The summed E-state index contributed by atoms with van der Waals surface area (Å²) in [6.07, 6.45) is 7.94. The lowest BCUT2D eigenvalue weighted by Crippen LogP contribution is -2.37. The molecule has 0 radical (unpaired) electrons. The molecule has 174 valence electrons. The minimum absolute atomic E-state index is 0.136. The normalized spacial score (nSPS) is 12.7. The average molecular weight is 443 g/mol. The summed E-state index contributed by atoms with van der Waals surface area (Å²) in [6, 6.07) is 3.25. The molecule has 0 atom stereocenters. The van der Waals surface area contributed by atoms with Crippen LogP contribution in [0.2, 0.25) is 0 Å². The Morgan fingerprint density at radius 1 is 1.19 bits per heavy atom. The maximum atomic E-state index is 13.2. The van der Waals surface area contributed by atoms with E-state index >= 15 is 0 Å². The minimum atomic E-state index is -0.411. The van der Waals surface area contributed by atoms with Gasteiger partial charge in [0, 0.05) is 23.0 Å². The number of rotatable bonds is 9. The lowest BCUT2D eigenvalue weighted by molar-refractivity contribution is -0.123. The average Bonchev–Trinajstić information content (AvgIpc) is 2.76. The van der Waals surface area contributed by atoms with Crippen molar-refractivity contribution in [1.29, 1.82) is 0 Å². The summed E-state index contributed by atoms with van der Waals surface area (Å²) in [6.45, 7) is 19.0. The molecule has 6 heteroatoms. The van der Waals surface area contributed by atoms with Crippen molar-refractivity contribution in [2.75, 3.05) is 13.2 Å². The summed E-state index contributed by atoms with van der Waals surface area (Å²) in [7, 11) is 0. The lowest BCUT2D eigenvalue weighted by atomic mass is 10.1. The van der Waals surface area contributed by atoms with Crippen molar-refractivity contribution in [3.63, 3.8) is 0 Å². The van der Waals surface area contributed by atoms with Gasteiger partial charge in [0.25, 0.3) is 11.8 Å². The highest BCUT2D eigenvalue weighted by molar-refractivity contribution is 5.96. The number of benzene rings is 1. The first kappa shape index (κ1) is 28.6. The Morgan fingerprint density at radius 3 is 2.34 bits per heavy atom. The first-order valence-corrected chi connectivity index (χ1v) is 10.4. The van der Waals surface area contributed by atoms with Crippen LogP contribution in [0, 0.1) is 5.92 Å². The topological polar surface area (TPSA) is 67.4 Å². The number of hydrogen-bond donors (Lipinski definition) is 2. The number of halogens is 1. The van der Waals surface area contributed by atoms with E-state index in [4.69, 9.17) is 4.74 Å². The molecule has 0 unspecified atom stereocenters. The number of allylic oxidation sites excluding steroid dienone is 4. The molecule has 1 aromatic carbocycles. The van der Waals surface area contributed by atoms with Crippen LogP contribution in [0.3, 0.4) is 0 Å². The second kappa shape index (κ2) is 15.4. The van der Waals surface area contributed by atoms with E-state index < -0.39 is 5.83 Å².